The lowest BCUT2D eigenvalue weighted by atomic mass is 10.1. The number of ether oxygens (including phenoxy) is 3. The highest BCUT2D eigenvalue weighted by atomic mass is 16.5. The Labute approximate surface area is 159 Å². The largest absolute Gasteiger partial charge is 0.497 e. The van der Waals surface area contributed by atoms with Gasteiger partial charge in [0, 0.05) is 23.7 Å². The molecular formula is C21H26N2O4. The Morgan fingerprint density at radius 2 is 2.04 bits per heavy atom. The molecule has 1 heterocycles. The monoisotopic (exact) mass is 370 g/mol. The molecule has 2 aromatic rings. The van der Waals surface area contributed by atoms with E-state index in [9.17, 15) is 4.79 Å². The van der Waals surface area contributed by atoms with Crippen molar-refractivity contribution in [2.75, 3.05) is 24.4 Å². The summed E-state index contributed by atoms with van der Waals surface area (Å²) < 4.78 is 16.7. The van der Waals surface area contributed by atoms with Gasteiger partial charge in [0.25, 0.3) is 0 Å². The SMILES string of the molecule is CCOc1cc2c(cc1NC(C)C(=O)Nc1ccc(OC)cc1)OC(C)C2. The number of amides is 1. The second-order valence-electron chi connectivity index (χ2n) is 6.61. The van der Waals surface area contributed by atoms with Crippen molar-refractivity contribution in [2.45, 2.75) is 39.3 Å². The molecule has 1 aliphatic heterocycles. The van der Waals surface area contributed by atoms with Gasteiger partial charge in [-0.2, -0.15) is 0 Å². The van der Waals surface area contributed by atoms with E-state index in [2.05, 4.69) is 10.6 Å². The van der Waals surface area contributed by atoms with Crippen LogP contribution < -0.4 is 24.8 Å². The van der Waals surface area contributed by atoms with Gasteiger partial charge in [0.1, 0.15) is 29.4 Å². The van der Waals surface area contributed by atoms with Gasteiger partial charge < -0.3 is 24.8 Å². The van der Waals surface area contributed by atoms with Gasteiger partial charge in [-0.3, -0.25) is 4.79 Å². The molecule has 6 nitrogen and oxygen atoms in total. The number of fused-ring (bicyclic) bond motifs is 1. The molecule has 2 aromatic carbocycles. The predicted octanol–water partition coefficient (Wildman–Crippen LogP) is 3.86. The van der Waals surface area contributed by atoms with Crippen LogP contribution in [0.3, 0.4) is 0 Å². The first-order chi connectivity index (χ1) is 13.0. The summed E-state index contributed by atoms with van der Waals surface area (Å²) in [5.41, 5.74) is 2.60. The molecule has 0 spiro atoms. The molecule has 0 bridgehead atoms. The van der Waals surface area contributed by atoms with Crippen molar-refractivity contribution in [1.82, 2.24) is 0 Å². The van der Waals surface area contributed by atoms with Crippen LogP contribution in [0.2, 0.25) is 0 Å². The minimum atomic E-state index is -0.455. The molecule has 1 amide bonds. The van der Waals surface area contributed by atoms with Crippen molar-refractivity contribution in [3.05, 3.63) is 42.0 Å². The summed E-state index contributed by atoms with van der Waals surface area (Å²) >= 11 is 0. The molecule has 2 atom stereocenters. The Morgan fingerprint density at radius 1 is 1.30 bits per heavy atom. The molecule has 0 saturated heterocycles. The topological polar surface area (TPSA) is 68.8 Å². The van der Waals surface area contributed by atoms with E-state index in [0.717, 1.165) is 34.9 Å². The van der Waals surface area contributed by atoms with Crippen molar-refractivity contribution < 1.29 is 19.0 Å². The zero-order valence-electron chi connectivity index (χ0n) is 16.2. The number of hydrogen-bond acceptors (Lipinski definition) is 5. The van der Waals surface area contributed by atoms with Crippen molar-refractivity contribution in [3.63, 3.8) is 0 Å². The van der Waals surface area contributed by atoms with Crippen molar-refractivity contribution in [2.24, 2.45) is 0 Å². The smallest absolute Gasteiger partial charge is 0.246 e. The summed E-state index contributed by atoms with van der Waals surface area (Å²) in [5.74, 6) is 2.18. The van der Waals surface area contributed by atoms with E-state index in [1.54, 1.807) is 31.4 Å². The fraction of sp³-hybridized carbons (Fsp3) is 0.381. The second kappa shape index (κ2) is 8.20. The van der Waals surface area contributed by atoms with Crippen LogP contribution in [0, 0.1) is 0 Å². The standard InChI is InChI=1S/C21H26N2O4/c1-5-26-20-11-15-10-13(2)27-19(15)12-18(20)22-14(3)21(24)23-16-6-8-17(25-4)9-7-16/h6-9,11-14,22H,5,10H2,1-4H3,(H,23,24). The van der Waals surface area contributed by atoms with Crippen LogP contribution in [0.5, 0.6) is 17.2 Å². The molecule has 0 fully saturated rings. The summed E-state index contributed by atoms with van der Waals surface area (Å²) in [6.07, 6.45) is 1.02. The fourth-order valence-electron chi connectivity index (χ4n) is 3.05. The van der Waals surface area contributed by atoms with Gasteiger partial charge in [-0.05, 0) is 51.1 Å². The third kappa shape index (κ3) is 4.45. The molecule has 0 aromatic heterocycles. The molecule has 6 heteroatoms. The number of benzene rings is 2. The maximum absolute atomic E-state index is 12.5. The number of methoxy groups -OCH3 is 1. The summed E-state index contributed by atoms with van der Waals surface area (Å²) in [5, 5.41) is 6.14. The number of carbonyl (C=O) groups is 1. The fourth-order valence-corrected chi connectivity index (χ4v) is 3.05. The minimum Gasteiger partial charge on any atom is -0.497 e. The number of hydrogen-bond donors (Lipinski definition) is 2. The highest BCUT2D eigenvalue weighted by Crippen LogP contribution is 2.38. The number of anilines is 2. The van der Waals surface area contributed by atoms with Gasteiger partial charge in [0.2, 0.25) is 5.91 Å². The highest BCUT2D eigenvalue weighted by Gasteiger charge is 2.23. The van der Waals surface area contributed by atoms with Crippen LogP contribution in [-0.4, -0.2) is 31.8 Å². The van der Waals surface area contributed by atoms with Crippen molar-refractivity contribution in [1.29, 1.82) is 0 Å². The number of carbonyl (C=O) groups excluding carboxylic acids is 1. The molecule has 0 radical (unpaired) electrons. The average Bonchev–Trinajstić information content (AvgIpc) is 3.01. The Hall–Kier alpha value is -2.89. The van der Waals surface area contributed by atoms with Crippen molar-refractivity contribution >= 4 is 17.3 Å². The molecule has 0 aliphatic carbocycles. The van der Waals surface area contributed by atoms with Gasteiger partial charge in [0.15, 0.2) is 0 Å². The first-order valence-corrected chi connectivity index (χ1v) is 9.18. The summed E-state index contributed by atoms with van der Waals surface area (Å²) in [4.78, 5) is 12.5. The molecular weight excluding hydrogens is 344 g/mol. The van der Waals surface area contributed by atoms with Gasteiger partial charge in [0.05, 0.1) is 19.4 Å². The van der Waals surface area contributed by atoms with Crippen LogP contribution in [-0.2, 0) is 11.2 Å². The minimum absolute atomic E-state index is 0.141. The molecule has 0 saturated carbocycles. The first-order valence-electron chi connectivity index (χ1n) is 9.18. The Kier molecular flexibility index (Phi) is 5.74. The Bertz CT molecular complexity index is 805. The molecule has 1 aliphatic rings. The number of nitrogens with one attached hydrogen (secondary N) is 2. The average molecular weight is 370 g/mol. The molecule has 3 rings (SSSR count). The van der Waals surface area contributed by atoms with Crippen molar-refractivity contribution in [3.8, 4) is 17.2 Å². The first kappa shape index (κ1) is 18.9. The number of rotatable bonds is 7. The van der Waals surface area contributed by atoms with E-state index >= 15 is 0 Å². The van der Waals surface area contributed by atoms with E-state index < -0.39 is 6.04 Å². The predicted molar refractivity (Wildman–Crippen MR) is 106 cm³/mol. The molecule has 2 unspecified atom stereocenters. The quantitative estimate of drug-likeness (QED) is 0.775. The maximum Gasteiger partial charge on any atom is 0.246 e. The van der Waals surface area contributed by atoms with E-state index in [1.165, 1.54) is 0 Å². The molecule has 2 N–H and O–H groups in total. The van der Waals surface area contributed by atoms with E-state index in [-0.39, 0.29) is 12.0 Å². The van der Waals surface area contributed by atoms with E-state index in [0.29, 0.717) is 12.3 Å². The van der Waals surface area contributed by atoms with Crippen LogP contribution in [0.4, 0.5) is 11.4 Å². The summed E-state index contributed by atoms with van der Waals surface area (Å²) in [6.45, 7) is 6.34. The van der Waals surface area contributed by atoms with Gasteiger partial charge >= 0.3 is 0 Å². The third-order valence-electron chi connectivity index (χ3n) is 4.42. The van der Waals surface area contributed by atoms with Crippen LogP contribution in [0.1, 0.15) is 26.3 Å². The van der Waals surface area contributed by atoms with Crippen LogP contribution in [0.25, 0.3) is 0 Å². The molecule has 27 heavy (non-hydrogen) atoms. The Balaban J connectivity index is 1.71. The van der Waals surface area contributed by atoms with Crippen LogP contribution in [0.15, 0.2) is 36.4 Å². The van der Waals surface area contributed by atoms with Gasteiger partial charge in [-0.25, -0.2) is 0 Å². The highest BCUT2D eigenvalue weighted by molar-refractivity contribution is 5.96. The second-order valence-corrected chi connectivity index (χ2v) is 6.61. The zero-order valence-corrected chi connectivity index (χ0v) is 16.2. The van der Waals surface area contributed by atoms with Gasteiger partial charge in [-0.15, -0.1) is 0 Å². The zero-order chi connectivity index (χ0) is 19.4. The maximum atomic E-state index is 12.5. The lowest BCUT2D eigenvalue weighted by Crippen LogP contribution is -2.32. The summed E-state index contributed by atoms with van der Waals surface area (Å²) in [7, 11) is 1.61. The van der Waals surface area contributed by atoms with E-state index in [4.69, 9.17) is 14.2 Å². The third-order valence-corrected chi connectivity index (χ3v) is 4.42. The lowest BCUT2D eigenvalue weighted by Gasteiger charge is -2.19. The van der Waals surface area contributed by atoms with E-state index in [1.807, 2.05) is 32.9 Å². The molecule has 144 valence electrons. The Morgan fingerprint density at radius 3 is 2.70 bits per heavy atom. The van der Waals surface area contributed by atoms with Crippen LogP contribution >= 0.6 is 0 Å². The summed E-state index contributed by atoms with van der Waals surface area (Å²) in [6, 6.07) is 10.7. The lowest BCUT2D eigenvalue weighted by molar-refractivity contribution is -0.116. The van der Waals surface area contributed by atoms with Gasteiger partial charge in [-0.1, -0.05) is 0 Å². The normalized spacial score (nSPS) is 16.1.